The summed E-state index contributed by atoms with van der Waals surface area (Å²) in [5.74, 6) is -0.641. The molecule has 0 saturated carbocycles. The smallest absolute Gasteiger partial charge is 0.234 e. The average molecular weight is 284 g/mol. The molecule has 0 fully saturated rings. The molecule has 2 aromatic carbocycles. The zero-order chi connectivity index (χ0) is 15.0. The second kappa shape index (κ2) is 5.20. The maximum Gasteiger partial charge on any atom is 0.234 e. The van der Waals surface area contributed by atoms with Gasteiger partial charge in [-0.1, -0.05) is 18.2 Å². The predicted molar refractivity (Wildman–Crippen MR) is 81.7 cm³/mol. The molecule has 1 amide bonds. The van der Waals surface area contributed by atoms with Crippen LogP contribution in [0.2, 0.25) is 0 Å². The molecule has 21 heavy (non-hydrogen) atoms. The lowest BCUT2D eigenvalue weighted by Gasteiger charge is -2.22. The Balaban J connectivity index is 1.89. The highest BCUT2D eigenvalue weighted by Crippen LogP contribution is 2.32. The van der Waals surface area contributed by atoms with E-state index in [1.807, 2.05) is 25.1 Å². The molecule has 3 rings (SSSR count). The van der Waals surface area contributed by atoms with Crippen molar-refractivity contribution in [2.24, 2.45) is 0 Å². The van der Waals surface area contributed by atoms with Crippen molar-refractivity contribution < 1.29 is 9.18 Å². The third-order valence-electron chi connectivity index (χ3n) is 3.99. The van der Waals surface area contributed by atoms with Gasteiger partial charge in [0.25, 0.3) is 0 Å². The summed E-state index contributed by atoms with van der Waals surface area (Å²) in [5.41, 5.74) is 9.00. The molecule has 4 heteroatoms. The summed E-state index contributed by atoms with van der Waals surface area (Å²) in [4.78, 5) is 14.4. The number of fused-ring (bicyclic) bond motifs is 1. The van der Waals surface area contributed by atoms with Crippen molar-refractivity contribution >= 4 is 17.3 Å². The highest BCUT2D eigenvalue weighted by Gasteiger charge is 2.29. The van der Waals surface area contributed by atoms with E-state index < -0.39 is 0 Å². The van der Waals surface area contributed by atoms with Crippen LogP contribution in [0.5, 0.6) is 0 Å². The number of hydrogen-bond acceptors (Lipinski definition) is 2. The van der Waals surface area contributed by atoms with Crippen LogP contribution in [0, 0.1) is 5.82 Å². The Morgan fingerprint density at radius 2 is 2.10 bits per heavy atom. The standard InChI is InChI=1S/C17H17FN2O/c1-11(13-3-2-4-15(19)9-13)17(21)20-8-7-12-5-6-14(18)10-16(12)20/h2-6,9-11H,7-8,19H2,1H3. The van der Waals surface area contributed by atoms with E-state index in [4.69, 9.17) is 5.73 Å². The summed E-state index contributed by atoms with van der Waals surface area (Å²) >= 11 is 0. The van der Waals surface area contributed by atoms with E-state index in [0.29, 0.717) is 17.9 Å². The Morgan fingerprint density at radius 1 is 1.29 bits per heavy atom. The van der Waals surface area contributed by atoms with Crippen molar-refractivity contribution in [3.8, 4) is 0 Å². The molecular weight excluding hydrogens is 267 g/mol. The molecule has 1 aliphatic heterocycles. The van der Waals surface area contributed by atoms with E-state index in [9.17, 15) is 9.18 Å². The van der Waals surface area contributed by atoms with Crippen LogP contribution in [-0.2, 0) is 11.2 Å². The minimum Gasteiger partial charge on any atom is -0.399 e. The number of carbonyl (C=O) groups excluding carboxylic acids is 1. The molecule has 0 spiro atoms. The van der Waals surface area contributed by atoms with Gasteiger partial charge in [-0.3, -0.25) is 4.79 Å². The van der Waals surface area contributed by atoms with E-state index in [2.05, 4.69) is 0 Å². The summed E-state index contributed by atoms with van der Waals surface area (Å²) in [5, 5.41) is 0. The zero-order valence-corrected chi connectivity index (χ0v) is 11.8. The molecule has 0 bridgehead atoms. The van der Waals surface area contributed by atoms with Gasteiger partial charge in [0.05, 0.1) is 5.92 Å². The molecule has 1 unspecified atom stereocenters. The van der Waals surface area contributed by atoms with Crippen LogP contribution in [0.3, 0.4) is 0 Å². The van der Waals surface area contributed by atoms with Crippen molar-refractivity contribution in [2.75, 3.05) is 17.2 Å². The van der Waals surface area contributed by atoms with E-state index in [-0.39, 0.29) is 17.6 Å². The Hall–Kier alpha value is -2.36. The fourth-order valence-corrected chi connectivity index (χ4v) is 2.79. The number of nitrogen functional groups attached to an aromatic ring is 1. The molecule has 0 saturated heterocycles. The monoisotopic (exact) mass is 284 g/mol. The summed E-state index contributed by atoms with van der Waals surface area (Å²) in [6.07, 6.45) is 0.769. The van der Waals surface area contributed by atoms with E-state index >= 15 is 0 Å². The summed E-state index contributed by atoms with van der Waals surface area (Å²) in [7, 11) is 0. The molecule has 0 aliphatic carbocycles. The minimum absolute atomic E-state index is 0.0232. The van der Waals surface area contributed by atoms with Crippen molar-refractivity contribution in [3.05, 3.63) is 59.4 Å². The van der Waals surface area contributed by atoms with Gasteiger partial charge in [0.2, 0.25) is 5.91 Å². The first-order chi connectivity index (χ1) is 10.1. The van der Waals surface area contributed by atoms with Crippen LogP contribution >= 0.6 is 0 Å². The van der Waals surface area contributed by atoms with Crippen LogP contribution in [0.25, 0.3) is 0 Å². The molecule has 1 aliphatic rings. The molecule has 0 radical (unpaired) electrons. The molecular formula is C17H17FN2O. The largest absolute Gasteiger partial charge is 0.399 e. The summed E-state index contributed by atoms with van der Waals surface area (Å²) in [6.45, 7) is 2.46. The number of carbonyl (C=O) groups is 1. The van der Waals surface area contributed by atoms with Crippen LogP contribution < -0.4 is 10.6 Å². The van der Waals surface area contributed by atoms with Crippen molar-refractivity contribution in [2.45, 2.75) is 19.3 Å². The van der Waals surface area contributed by atoms with Crippen LogP contribution in [-0.4, -0.2) is 12.5 Å². The van der Waals surface area contributed by atoms with Gasteiger partial charge in [0.1, 0.15) is 5.82 Å². The lowest BCUT2D eigenvalue weighted by atomic mass is 9.99. The van der Waals surface area contributed by atoms with Gasteiger partial charge in [0, 0.05) is 17.9 Å². The Labute approximate surface area is 123 Å². The maximum atomic E-state index is 13.4. The third-order valence-corrected chi connectivity index (χ3v) is 3.99. The Kier molecular flexibility index (Phi) is 3.37. The van der Waals surface area contributed by atoms with Gasteiger partial charge in [-0.15, -0.1) is 0 Å². The number of hydrogen-bond donors (Lipinski definition) is 1. The summed E-state index contributed by atoms with van der Waals surface area (Å²) in [6, 6.07) is 12.0. The lowest BCUT2D eigenvalue weighted by Crippen LogP contribution is -2.32. The first kappa shape index (κ1) is 13.6. The fraction of sp³-hybridized carbons (Fsp3) is 0.235. The van der Waals surface area contributed by atoms with Crippen LogP contribution in [0.4, 0.5) is 15.8 Å². The topological polar surface area (TPSA) is 46.3 Å². The van der Waals surface area contributed by atoms with Crippen LogP contribution in [0.1, 0.15) is 24.0 Å². The quantitative estimate of drug-likeness (QED) is 0.861. The van der Waals surface area contributed by atoms with Crippen molar-refractivity contribution in [1.29, 1.82) is 0 Å². The fourth-order valence-electron chi connectivity index (χ4n) is 2.79. The van der Waals surface area contributed by atoms with Crippen LogP contribution in [0.15, 0.2) is 42.5 Å². The molecule has 1 atom stereocenters. The lowest BCUT2D eigenvalue weighted by molar-refractivity contribution is -0.119. The normalized spacial score (nSPS) is 14.9. The number of halogens is 1. The number of benzene rings is 2. The molecule has 2 N–H and O–H groups in total. The second-order valence-corrected chi connectivity index (χ2v) is 5.40. The molecule has 1 heterocycles. The first-order valence-corrected chi connectivity index (χ1v) is 7.01. The second-order valence-electron chi connectivity index (χ2n) is 5.40. The van der Waals surface area contributed by atoms with Gasteiger partial charge < -0.3 is 10.6 Å². The number of nitrogens with two attached hydrogens (primary N) is 1. The molecule has 108 valence electrons. The number of anilines is 2. The first-order valence-electron chi connectivity index (χ1n) is 7.01. The molecule has 2 aromatic rings. The number of nitrogens with zero attached hydrogens (tertiary/aromatic N) is 1. The zero-order valence-electron chi connectivity index (χ0n) is 11.8. The molecule has 0 aromatic heterocycles. The predicted octanol–water partition coefficient (Wildman–Crippen LogP) is 3.10. The average Bonchev–Trinajstić information content (AvgIpc) is 2.88. The van der Waals surface area contributed by atoms with Gasteiger partial charge in [-0.2, -0.15) is 0 Å². The van der Waals surface area contributed by atoms with Gasteiger partial charge in [-0.25, -0.2) is 4.39 Å². The number of rotatable bonds is 2. The number of amides is 1. The van der Waals surface area contributed by atoms with Crippen molar-refractivity contribution in [3.63, 3.8) is 0 Å². The highest BCUT2D eigenvalue weighted by atomic mass is 19.1. The van der Waals surface area contributed by atoms with E-state index in [1.54, 1.807) is 17.0 Å². The Bertz CT molecular complexity index is 699. The third kappa shape index (κ3) is 2.49. The maximum absolute atomic E-state index is 13.4. The summed E-state index contributed by atoms with van der Waals surface area (Å²) < 4.78 is 13.4. The van der Waals surface area contributed by atoms with E-state index in [1.165, 1.54) is 12.1 Å². The van der Waals surface area contributed by atoms with Crippen molar-refractivity contribution in [1.82, 2.24) is 0 Å². The highest BCUT2D eigenvalue weighted by molar-refractivity contribution is 5.99. The molecule has 3 nitrogen and oxygen atoms in total. The van der Waals surface area contributed by atoms with Gasteiger partial charge in [0.15, 0.2) is 0 Å². The SMILES string of the molecule is CC(C(=O)N1CCc2ccc(F)cc21)c1cccc(N)c1. The van der Waals surface area contributed by atoms with Gasteiger partial charge in [-0.05, 0) is 48.7 Å². The van der Waals surface area contributed by atoms with E-state index in [0.717, 1.165) is 17.5 Å². The minimum atomic E-state index is -0.315. The Morgan fingerprint density at radius 3 is 2.86 bits per heavy atom. The van der Waals surface area contributed by atoms with Gasteiger partial charge >= 0.3 is 0 Å².